The van der Waals surface area contributed by atoms with E-state index in [-0.39, 0.29) is 5.82 Å². The van der Waals surface area contributed by atoms with Gasteiger partial charge in [0.15, 0.2) is 0 Å². The Bertz CT molecular complexity index is 729. The van der Waals surface area contributed by atoms with Crippen LogP contribution in [-0.4, -0.2) is 8.80 Å². The largest absolute Gasteiger partial charge is 0.207 e. The van der Waals surface area contributed by atoms with Crippen molar-refractivity contribution in [2.24, 2.45) is 0 Å². The van der Waals surface area contributed by atoms with Crippen LogP contribution in [0.3, 0.4) is 0 Å². The summed E-state index contributed by atoms with van der Waals surface area (Å²) in [7, 11) is -1.04. The molecule has 0 aliphatic heterocycles. The second-order valence-corrected chi connectivity index (χ2v) is 8.72. The average Bonchev–Trinajstić information content (AvgIpc) is 2.59. The third-order valence-electron chi connectivity index (χ3n) is 4.31. The van der Waals surface area contributed by atoms with E-state index in [0.717, 1.165) is 11.1 Å². The Morgan fingerprint density at radius 2 is 1.30 bits per heavy atom. The summed E-state index contributed by atoms with van der Waals surface area (Å²) in [5, 5.41) is 2.72. The van der Waals surface area contributed by atoms with Gasteiger partial charge in [0, 0.05) is 0 Å². The Hall–Kier alpha value is -2.19. The van der Waals surface area contributed by atoms with Crippen LogP contribution in [0.25, 0.3) is 0 Å². The lowest BCUT2D eigenvalue weighted by Gasteiger charge is -2.25. The molecule has 0 amide bonds. The molecule has 0 N–H and O–H groups in total. The van der Waals surface area contributed by atoms with Gasteiger partial charge >= 0.3 is 0 Å². The molecular formula is C21H20FSi. The van der Waals surface area contributed by atoms with Crippen LogP contribution in [-0.2, 0) is 0 Å². The van der Waals surface area contributed by atoms with Gasteiger partial charge in [-0.3, -0.25) is 0 Å². The van der Waals surface area contributed by atoms with Crippen LogP contribution >= 0.6 is 0 Å². The summed E-state index contributed by atoms with van der Waals surface area (Å²) in [4.78, 5) is 0. The zero-order valence-electron chi connectivity index (χ0n) is 13.5. The van der Waals surface area contributed by atoms with Crippen molar-refractivity contribution in [3.8, 4) is 0 Å². The van der Waals surface area contributed by atoms with Crippen molar-refractivity contribution < 1.29 is 4.39 Å². The minimum Gasteiger partial charge on any atom is -0.207 e. The van der Waals surface area contributed by atoms with Gasteiger partial charge in [0.1, 0.15) is 14.6 Å². The molecule has 0 heterocycles. The standard InChI is InChI=1S/C21H20FSi/c1-16-13-14-18(22)15-21(16)17(2)23(19-9-5-3-6-10-19)20-11-7-4-8-12-20/h3-15,17H,1-2H3. The topological polar surface area (TPSA) is 0 Å². The van der Waals surface area contributed by atoms with E-state index in [9.17, 15) is 4.39 Å². The van der Waals surface area contributed by atoms with Gasteiger partial charge < -0.3 is 0 Å². The summed E-state index contributed by atoms with van der Waals surface area (Å²) in [6.45, 7) is 4.30. The molecule has 0 nitrogen and oxygen atoms in total. The summed E-state index contributed by atoms with van der Waals surface area (Å²) < 4.78 is 13.8. The Balaban J connectivity index is 2.10. The molecule has 1 radical (unpaired) electrons. The molecule has 0 saturated carbocycles. The van der Waals surface area contributed by atoms with E-state index in [1.807, 2.05) is 18.2 Å². The first kappa shape index (κ1) is 15.7. The van der Waals surface area contributed by atoms with Crippen molar-refractivity contribution in [2.75, 3.05) is 0 Å². The minimum absolute atomic E-state index is 0.153. The average molecular weight is 319 g/mol. The van der Waals surface area contributed by atoms with Crippen LogP contribution in [0.2, 0.25) is 0 Å². The van der Waals surface area contributed by atoms with Crippen LogP contribution in [0.1, 0.15) is 23.6 Å². The molecule has 3 aromatic rings. The van der Waals surface area contributed by atoms with Gasteiger partial charge in [0.05, 0.1) is 0 Å². The molecule has 0 aliphatic rings. The lowest BCUT2D eigenvalue weighted by atomic mass is 10.1. The fourth-order valence-corrected chi connectivity index (χ4v) is 6.19. The maximum absolute atomic E-state index is 13.8. The summed E-state index contributed by atoms with van der Waals surface area (Å²) in [6.07, 6.45) is 0. The number of halogens is 1. The first-order valence-electron chi connectivity index (χ1n) is 7.90. The Morgan fingerprint density at radius 3 is 1.83 bits per heavy atom. The zero-order valence-corrected chi connectivity index (χ0v) is 14.5. The first-order valence-corrected chi connectivity index (χ1v) is 9.48. The highest BCUT2D eigenvalue weighted by atomic mass is 28.3. The predicted octanol–water partition coefficient (Wildman–Crippen LogP) is 4.09. The number of hydrogen-bond donors (Lipinski definition) is 0. The molecule has 2 heteroatoms. The second kappa shape index (κ2) is 6.92. The number of rotatable bonds is 4. The number of aryl methyl sites for hydroxylation is 1. The van der Waals surface area contributed by atoms with E-state index in [4.69, 9.17) is 0 Å². The lowest BCUT2D eigenvalue weighted by Crippen LogP contribution is -2.46. The van der Waals surface area contributed by atoms with Crippen molar-refractivity contribution in [3.05, 3.63) is 95.8 Å². The van der Waals surface area contributed by atoms with Gasteiger partial charge in [-0.15, -0.1) is 0 Å². The van der Waals surface area contributed by atoms with Crippen LogP contribution in [0.5, 0.6) is 0 Å². The van der Waals surface area contributed by atoms with E-state index in [1.54, 1.807) is 12.1 Å². The van der Waals surface area contributed by atoms with Crippen LogP contribution in [0, 0.1) is 12.7 Å². The fourth-order valence-electron chi connectivity index (χ4n) is 3.14. The molecule has 0 spiro atoms. The van der Waals surface area contributed by atoms with Gasteiger partial charge in [-0.25, -0.2) is 4.39 Å². The van der Waals surface area contributed by atoms with E-state index in [1.165, 1.54) is 10.4 Å². The Labute approximate surface area is 139 Å². The van der Waals surface area contributed by atoms with Crippen molar-refractivity contribution in [1.29, 1.82) is 0 Å². The quantitative estimate of drug-likeness (QED) is 0.636. The SMILES string of the molecule is Cc1ccc(F)cc1C(C)[Si](c1ccccc1)c1ccccc1. The molecule has 115 valence electrons. The third kappa shape index (κ3) is 3.43. The molecule has 0 aromatic heterocycles. The molecule has 3 aromatic carbocycles. The molecule has 1 atom stereocenters. The smallest absolute Gasteiger partial charge is 0.128 e. The second-order valence-electron chi connectivity index (χ2n) is 5.87. The van der Waals surface area contributed by atoms with Gasteiger partial charge in [0.2, 0.25) is 0 Å². The van der Waals surface area contributed by atoms with E-state index < -0.39 is 8.80 Å². The van der Waals surface area contributed by atoms with Crippen molar-refractivity contribution >= 4 is 19.2 Å². The van der Waals surface area contributed by atoms with Gasteiger partial charge in [0.25, 0.3) is 0 Å². The normalized spacial score (nSPS) is 12.3. The van der Waals surface area contributed by atoms with Crippen molar-refractivity contribution in [2.45, 2.75) is 19.4 Å². The first-order chi connectivity index (χ1) is 11.2. The summed E-state index contributed by atoms with van der Waals surface area (Å²) in [6, 6.07) is 26.4. The highest BCUT2D eigenvalue weighted by Gasteiger charge is 2.26. The van der Waals surface area contributed by atoms with Crippen LogP contribution < -0.4 is 10.4 Å². The number of benzene rings is 3. The molecule has 0 fully saturated rings. The van der Waals surface area contributed by atoms with Crippen molar-refractivity contribution in [1.82, 2.24) is 0 Å². The zero-order chi connectivity index (χ0) is 16.2. The van der Waals surface area contributed by atoms with Crippen LogP contribution in [0.4, 0.5) is 4.39 Å². The molecule has 23 heavy (non-hydrogen) atoms. The highest BCUT2D eigenvalue weighted by molar-refractivity contribution is 6.86. The maximum atomic E-state index is 13.8. The van der Waals surface area contributed by atoms with Crippen molar-refractivity contribution in [3.63, 3.8) is 0 Å². The Kier molecular flexibility index (Phi) is 4.72. The molecule has 1 unspecified atom stereocenters. The molecule has 0 bridgehead atoms. The Morgan fingerprint density at radius 1 is 0.783 bits per heavy atom. The molecule has 3 rings (SSSR count). The highest BCUT2D eigenvalue weighted by Crippen LogP contribution is 2.23. The van der Waals surface area contributed by atoms with Gasteiger partial charge in [-0.2, -0.15) is 0 Å². The van der Waals surface area contributed by atoms with Gasteiger partial charge in [-0.1, -0.05) is 84.0 Å². The van der Waals surface area contributed by atoms with E-state index in [0.29, 0.717) is 5.54 Å². The summed E-state index contributed by atoms with van der Waals surface area (Å²) >= 11 is 0. The molecular weight excluding hydrogens is 299 g/mol. The maximum Gasteiger partial charge on any atom is 0.128 e. The monoisotopic (exact) mass is 319 g/mol. The van der Waals surface area contributed by atoms with E-state index in [2.05, 4.69) is 62.4 Å². The molecule has 0 saturated heterocycles. The summed E-state index contributed by atoms with van der Waals surface area (Å²) in [5.41, 5.74) is 2.57. The van der Waals surface area contributed by atoms with Gasteiger partial charge in [-0.05, 0) is 35.7 Å². The lowest BCUT2D eigenvalue weighted by molar-refractivity contribution is 0.624. The predicted molar refractivity (Wildman–Crippen MR) is 97.5 cm³/mol. The number of hydrogen-bond acceptors (Lipinski definition) is 0. The minimum atomic E-state index is -1.04. The third-order valence-corrected chi connectivity index (χ3v) is 7.40. The fraction of sp³-hybridized carbons (Fsp3) is 0.143. The van der Waals surface area contributed by atoms with Crippen LogP contribution in [0.15, 0.2) is 78.9 Å². The summed E-state index contributed by atoms with van der Waals surface area (Å²) in [5.74, 6) is -0.153. The molecule has 0 aliphatic carbocycles. The van der Waals surface area contributed by atoms with E-state index >= 15 is 0 Å².